The first-order chi connectivity index (χ1) is 12.8. The topological polar surface area (TPSA) is 27.7 Å². The Kier molecular flexibility index (Phi) is 13.5. The van der Waals surface area contributed by atoms with E-state index in [-0.39, 0.29) is 0 Å². The van der Waals surface area contributed by atoms with E-state index in [4.69, 9.17) is 13.3 Å². The molecule has 0 aliphatic carbocycles. The molecular formula is C22H38O3Si. The van der Waals surface area contributed by atoms with Crippen molar-refractivity contribution in [3.05, 3.63) is 42.0 Å². The molecule has 0 aromatic heterocycles. The number of benzene rings is 1. The van der Waals surface area contributed by atoms with E-state index in [0.717, 1.165) is 70.8 Å². The van der Waals surface area contributed by atoms with Gasteiger partial charge in [-0.05, 0) is 31.2 Å². The molecular weight excluding hydrogens is 340 g/mol. The van der Waals surface area contributed by atoms with Gasteiger partial charge in [-0.25, -0.2) is 0 Å². The summed E-state index contributed by atoms with van der Waals surface area (Å²) >= 11 is 0. The standard InChI is InChI=1S/C22H38O3Si/c1-4-7-18-23-26(24-19-8-5-2,25-20-9-6-3)21-14-13-17-22-15-11-10-12-16-22/h10-13,15-17H,4-9,14,18-21H2,1-3H3. The monoisotopic (exact) mass is 378 g/mol. The molecule has 0 aliphatic rings. The van der Waals surface area contributed by atoms with Crippen LogP contribution in [0.2, 0.25) is 6.04 Å². The molecule has 0 saturated heterocycles. The molecule has 0 fully saturated rings. The van der Waals surface area contributed by atoms with Crippen LogP contribution in [0.5, 0.6) is 0 Å². The van der Waals surface area contributed by atoms with Crippen LogP contribution in [-0.4, -0.2) is 28.6 Å². The van der Waals surface area contributed by atoms with Gasteiger partial charge in [-0.3, -0.25) is 0 Å². The van der Waals surface area contributed by atoms with Crippen molar-refractivity contribution in [2.24, 2.45) is 0 Å². The zero-order valence-corrected chi connectivity index (χ0v) is 18.0. The van der Waals surface area contributed by atoms with Gasteiger partial charge in [-0.1, -0.05) is 82.5 Å². The maximum Gasteiger partial charge on any atom is 0.501 e. The van der Waals surface area contributed by atoms with Gasteiger partial charge in [0.15, 0.2) is 0 Å². The zero-order valence-electron chi connectivity index (χ0n) is 17.0. The Bertz CT molecular complexity index is 435. The lowest BCUT2D eigenvalue weighted by Crippen LogP contribution is -2.46. The van der Waals surface area contributed by atoms with E-state index in [9.17, 15) is 0 Å². The quantitative estimate of drug-likeness (QED) is 0.243. The van der Waals surface area contributed by atoms with Crippen LogP contribution in [0.4, 0.5) is 0 Å². The number of allylic oxidation sites excluding steroid dienone is 1. The number of hydrogen-bond acceptors (Lipinski definition) is 3. The van der Waals surface area contributed by atoms with Crippen LogP contribution in [0.25, 0.3) is 6.08 Å². The van der Waals surface area contributed by atoms with Crippen LogP contribution >= 0.6 is 0 Å². The Morgan fingerprint density at radius 1 is 0.769 bits per heavy atom. The maximum atomic E-state index is 6.28. The first-order valence-corrected chi connectivity index (χ1v) is 12.3. The largest absolute Gasteiger partial charge is 0.501 e. The average molecular weight is 379 g/mol. The smallest absolute Gasteiger partial charge is 0.373 e. The summed E-state index contributed by atoms with van der Waals surface area (Å²) in [5.74, 6) is 0. The van der Waals surface area contributed by atoms with E-state index in [1.807, 2.05) is 6.07 Å². The molecule has 0 radical (unpaired) electrons. The first kappa shape index (κ1) is 23.1. The van der Waals surface area contributed by atoms with Crippen LogP contribution < -0.4 is 0 Å². The van der Waals surface area contributed by atoms with Gasteiger partial charge in [0.1, 0.15) is 0 Å². The molecule has 26 heavy (non-hydrogen) atoms. The summed E-state index contributed by atoms with van der Waals surface area (Å²) < 4.78 is 18.8. The number of hydrogen-bond donors (Lipinski definition) is 0. The van der Waals surface area contributed by atoms with Crippen LogP contribution in [0.15, 0.2) is 36.4 Å². The maximum absolute atomic E-state index is 6.28. The summed E-state index contributed by atoms with van der Waals surface area (Å²) in [4.78, 5) is 0. The summed E-state index contributed by atoms with van der Waals surface area (Å²) in [6, 6.07) is 11.3. The summed E-state index contributed by atoms with van der Waals surface area (Å²) in [6.07, 6.45) is 11.9. The highest BCUT2D eigenvalue weighted by atomic mass is 28.4. The molecule has 0 saturated carbocycles. The summed E-state index contributed by atoms with van der Waals surface area (Å²) in [6.45, 7) is 8.78. The second-order valence-electron chi connectivity index (χ2n) is 6.64. The predicted molar refractivity (Wildman–Crippen MR) is 113 cm³/mol. The fraction of sp³-hybridized carbons (Fsp3) is 0.636. The van der Waals surface area contributed by atoms with Crippen molar-refractivity contribution in [2.75, 3.05) is 19.8 Å². The molecule has 1 aromatic carbocycles. The van der Waals surface area contributed by atoms with Crippen LogP contribution in [0, 0.1) is 0 Å². The lowest BCUT2D eigenvalue weighted by Gasteiger charge is -2.29. The fourth-order valence-corrected chi connectivity index (χ4v) is 5.07. The van der Waals surface area contributed by atoms with E-state index in [1.165, 1.54) is 5.56 Å². The van der Waals surface area contributed by atoms with E-state index < -0.39 is 8.80 Å². The summed E-state index contributed by atoms with van der Waals surface area (Å²) in [7, 11) is -2.60. The fourth-order valence-electron chi connectivity index (χ4n) is 2.50. The Labute approximate surface area is 162 Å². The highest BCUT2D eigenvalue weighted by Crippen LogP contribution is 2.21. The zero-order chi connectivity index (χ0) is 18.9. The Balaban J connectivity index is 2.67. The van der Waals surface area contributed by atoms with Gasteiger partial charge >= 0.3 is 8.80 Å². The average Bonchev–Trinajstić information content (AvgIpc) is 2.67. The lowest BCUT2D eigenvalue weighted by atomic mass is 10.2. The van der Waals surface area contributed by atoms with E-state index in [0.29, 0.717) is 0 Å². The highest BCUT2D eigenvalue weighted by Gasteiger charge is 2.40. The van der Waals surface area contributed by atoms with Gasteiger partial charge in [0.2, 0.25) is 0 Å². The predicted octanol–water partition coefficient (Wildman–Crippen LogP) is 6.48. The SMILES string of the molecule is CCCCO[Si](CCC=Cc1ccccc1)(OCCCC)OCCCC. The third kappa shape index (κ3) is 10.3. The van der Waals surface area contributed by atoms with Crippen molar-refractivity contribution in [1.29, 1.82) is 0 Å². The molecule has 0 amide bonds. The normalized spacial score (nSPS) is 12.1. The second kappa shape index (κ2) is 15.1. The molecule has 0 atom stereocenters. The van der Waals surface area contributed by atoms with Gasteiger partial charge < -0.3 is 13.3 Å². The molecule has 0 spiro atoms. The third-order valence-electron chi connectivity index (χ3n) is 4.19. The Hall–Kier alpha value is -0.943. The van der Waals surface area contributed by atoms with Crippen molar-refractivity contribution in [3.8, 4) is 0 Å². The van der Waals surface area contributed by atoms with E-state index in [1.54, 1.807) is 0 Å². The minimum absolute atomic E-state index is 0.739. The molecule has 0 heterocycles. The van der Waals surface area contributed by atoms with Crippen LogP contribution in [-0.2, 0) is 13.3 Å². The van der Waals surface area contributed by atoms with Gasteiger partial charge in [-0.15, -0.1) is 0 Å². The van der Waals surface area contributed by atoms with Crippen molar-refractivity contribution in [1.82, 2.24) is 0 Å². The molecule has 3 nitrogen and oxygen atoms in total. The Morgan fingerprint density at radius 2 is 1.27 bits per heavy atom. The molecule has 0 N–H and O–H groups in total. The van der Waals surface area contributed by atoms with Gasteiger partial charge in [0, 0.05) is 25.9 Å². The molecule has 1 aromatic rings. The lowest BCUT2D eigenvalue weighted by molar-refractivity contribution is 0.0565. The minimum Gasteiger partial charge on any atom is -0.373 e. The third-order valence-corrected chi connectivity index (χ3v) is 7.02. The number of rotatable bonds is 16. The van der Waals surface area contributed by atoms with Crippen LogP contribution in [0.1, 0.15) is 71.3 Å². The second-order valence-corrected chi connectivity index (χ2v) is 9.37. The summed E-state index contributed by atoms with van der Waals surface area (Å²) in [5, 5.41) is 0. The van der Waals surface area contributed by atoms with Crippen LogP contribution in [0.3, 0.4) is 0 Å². The van der Waals surface area contributed by atoms with Crippen molar-refractivity contribution in [3.63, 3.8) is 0 Å². The molecule has 1 rings (SSSR count). The number of unbranched alkanes of at least 4 members (excludes halogenated alkanes) is 3. The van der Waals surface area contributed by atoms with Gasteiger partial charge in [0.05, 0.1) is 0 Å². The molecule has 0 aliphatic heterocycles. The van der Waals surface area contributed by atoms with Gasteiger partial charge in [-0.2, -0.15) is 0 Å². The minimum atomic E-state index is -2.60. The molecule has 0 bridgehead atoms. The van der Waals surface area contributed by atoms with Crippen molar-refractivity contribution in [2.45, 2.75) is 71.8 Å². The van der Waals surface area contributed by atoms with Crippen molar-refractivity contribution < 1.29 is 13.3 Å². The summed E-state index contributed by atoms with van der Waals surface area (Å²) in [5.41, 5.74) is 1.23. The Morgan fingerprint density at radius 3 is 1.73 bits per heavy atom. The molecule has 148 valence electrons. The molecule has 0 unspecified atom stereocenters. The van der Waals surface area contributed by atoms with E-state index in [2.05, 4.69) is 57.2 Å². The first-order valence-electron chi connectivity index (χ1n) is 10.4. The van der Waals surface area contributed by atoms with Crippen molar-refractivity contribution >= 4 is 14.9 Å². The van der Waals surface area contributed by atoms with Gasteiger partial charge in [0.25, 0.3) is 0 Å². The highest BCUT2D eigenvalue weighted by molar-refractivity contribution is 6.60. The van der Waals surface area contributed by atoms with E-state index >= 15 is 0 Å². The molecule has 4 heteroatoms.